The summed E-state index contributed by atoms with van der Waals surface area (Å²) in [5.74, 6) is 0. The molecule has 0 radical (unpaired) electrons. The van der Waals surface area contributed by atoms with Crippen molar-refractivity contribution >= 4 is 55.2 Å². The molecule has 4 amide bonds. The van der Waals surface area contributed by atoms with Crippen LogP contribution in [0.4, 0.5) is 9.59 Å². The molecule has 0 aromatic rings. The third-order valence-corrected chi connectivity index (χ3v) is 19.8. The molecule has 0 aliphatic carbocycles. The van der Waals surface area contributed by atoms with Crippen LogP contribution in [0.1, 0.15) is 0 Å². The number of carbonyl (C=O) groups excluding carboxylic acids is 2. The molecule has 0 spiro atoms. The number of urea groups is 2. The predicted octanol–water partition coefficient (Wildman–Crippen LogP) is 1.02. The predicted molar refractivity (Wildman–Crippen MR) is 146 cm³/mol. The van der Waals surface area contributed by atoms with Crippen LogP contribution in [-0.2, 0) is 34.8 Å². The van der Waals surface area contributed by atoms with Gasteiger partial charge in [0, 0.05) is 55.2 Å². The van der Waals surface area contributed by atoms with Gasteiger partial charge in [0.2, 0.25) is 0 Å². The molecule has 19 heteroatoms. The largest absolute Gasteiger partial charge is 0.520 e. The summed E-state index contributed by atoms with van der Waals surface area (Å²) in [4.78, 5) is 30.8. The molecule has 0 aromatic carbocycles. The highest BCUT2D eigenvalue weighted by Gasteiger charge is 2.43. The summed E-state index contributed by atoms with van der Waals surface area (Å²) < 4.78 is 44.6. The van der Waals surface area contributed by atoms with Gasteiger partial charge in [-0.05, 0) is 39.3 Å². The van der Waals surface area contributed by atoms with Gasteiger partial charge in [0.1, 0.15) is 0 Å². The number of rotatable bonds is 17. The van der Waals surface area contributed by atoms with Crippen molar-refractivity contribution in [2.75, 3.05) is 55.4 Å². The van der Waals surface area contributed by atoms with Crippen molar-refractivity contribution in [3.63, 3.8) is 0 Å². The fraction of sp³-hybridized carbons (Fsp3) is 0.882. The summed E-state index contributed by atoms with van der Waals surface area (Å²) in [5, 5.41) is 5.51. The van der Waals surface area contributed by atoms with Gasteiger partial charge in [0.05, 0.1) is 6.17 Å². The summed E-state index contributed by atoms with van der Waals surface area (Å²) in [6.07, 6.45) is 0.103. The van der Waals surface area contributed by atoms with Gasteiger partial charge >= 0.3 is 38.2 Å². The molecule has 0 saturated carbocycles. The molecule has 36 heavy (non-hydrogen) atoms. The number of nitrogens with one attached hydrogen (secondary N) is 4. The van der Waals surface area contributed by atoms with E-state index in [0.29, 0.717) is 12.6 Å². The Morgan fingerprint density at radius 2 is 0.944 bits per heavy atom. The lowest BCUT2D eigenvalue weighted by Crippen LogP contribution is -2.65. The van der Waals surface area contributed by atoms with Crippen LogP contribution >= 0.6 is 0 Å². The average Bonchev–Trinajstić information content (AvgIpc) is 2.76. The van der Waals surface area contributed by atoms with Crippen molar-refractivity contribution < 1.29 is 44.4 Å². The van der Waals surface area contributed by atoms with E-state index in [1.54, 1.807) is 0 Å². The molecular weight excluding hydrogens is 561 g/mol. The van der Waals surface area contributed by atoms with Crippen LogP contribution in [0.2, 0.25) is 45.3 Å². The molecule has 0 unspecified atom stereocenters. The summed E-state index contributed by atoms with van der Waals surface area (Å²) in [7, 11) is -4.87. The molecular formula is C17H46N4O10Si5. The molecule has 0 aliphatic heterocycles. The van der Waals surface area contributed by atoms with Crippen LogP contribution in [0.25, 0.3) is 0 Å². The van der Waals surface area contributed by atoms with Gasteiger partial charge in [-0.2, -0.15) is 0 Å². The molecule has 0 saturated heterocycles. The topological polar surface area (TPSA) is 156 Å². The Kier molecular flexibility index (Phi) is 14.7. The highest BCUT2D eigenvalue weighted by Crippen LogP contribution is 2.18. The molecule has 4 N–H and O–H groups in total. The van der Waals surface area contributed by atoms with Gasteiger partial charge in [0.15, 0.2) is 0 Å². The highest BCUT2D eigenvalue weighted by atomic mass is 28.5. The first kappa shape index (κ1) is 35.3. The SMILES string of the molecule is CO[Si](CCNC(=O)N[Si](C)(C)O[Si](C)(C)O[Si](C)(C)NC(=O)NC[Si](OC)(OC)OC)(OC)OC. The Labute approximate surface area is 220 Å². The van der Waals surface area contributed by atoms with Gasteiger partial charge in [-0.25, -0.2) is 9.59 Å². The molecule has 0 rings (SSSR count). The zero-order valence-corrected chi connectivity index (χ0v) is 28.7. The van der Waals surface area contributed by atoms with E-state index in [1.807, 2.05) is 39.3 Å². The molecule has 0 heterocycles. The minimum atomic E-state index is -2.95. The van der Waals surface area contributed by atoms with E-state index >= 15 is 0 Å². The van der Waals surface area contributed by atoms with Gasteiger partial charge in [-0.1, -0.05) is 0 Å². The van der Waals surface area contributed by atoms with Crippen molar-refractivity contribution in [3.05, 3.63) is 0 Å². The maximum absolute atomic E-state index is 12.5. The van der Waals surface area contributed by atoms with E-state index in [4.69, 9.17) is 34.8 Å². The molecule has 214 valence electrons. The van der Waals surface area contributed by atoms with E-state index in [2.05, 4.69) is 20.6 Å². The first-order chi connectivity index (χ1) is 16.5. The van der Waals surface area contributed by atoms with Gasteiger partial charge in [0.25, 0.3) is 17.0 Å². The van der Waals surface area contributed by atoms with Crippen LogP contribution in [-0.4, -0.2) is 111 Å². The molecule has 0 atom stereocenters. The van der Waals surface area contributed by atoms with Crippen LogP contribution < -0.4 is 20.6 Å². The Balaban J connectivity index is 4.87. The Morgan fingerprint density at radius 3 is 1.31 bits per heavy atom. The summed E-state index contributed by atoms with van der Waals surface area (Å²) in [5.41, 5.74) is 0. The molecule has 0 bridgehead atoms. The van der Waals surface area contributed by atoms with E-state index in [-0.39, 0.29) is 12.2 Å². The van der Waals surface area contributed by atoms with E-state index in [1.165, 1.54) is 42.7 Å². The quantitative estimate of drug-likeness (QED) is 0.176. The van der Waals surface area contributed by atoms with E-state index in [0.717, 1.165) is 0 Å². The second-order valence-corrected chi connectivity index (χ2v) is 26.2. The Hall–Kier alpha value is -0.696. The van der Waals surface area contributed by atoms with Crippen LogP contribution in [0.3, 0.4) is 0 Å². The lowest BCUT2D eigenvalue weighted by atomic mass is 10.7. The first-order valence-electron chi connectivity index (χ1n) is 11.3. The fourth-order valence-electron chi connectivity index (χ4n) is 3.48. The first-order valence-corrected chi connectivity index (χ1v) is 23.8. The lowest BCUT2D eigenvalue weighted by molar-refractivity contribution is 0.122. The second kappa shape index (κ2) is 15.0. The smallest absolute Gasteiger partial charge is 0.420 e. The van der Waals surface area contributed by atoms with Gasteiger partial charge in [-0.15, -0.1) is 0 Å². The summed E-state index contributed by atoms with van der Waals surface area (Å²) >= 11 is 0. The number of hydrogen-bond acceptors (Lipinski definition) is 10. The van der Waals surface area contributed by atoms with Crippen LogP contribution in [0, 0.1) is 0 Å². The van der Waals surface area contributed by atoms with E-state index in [9.17, 15) is 9.59 Å². The van der Waals surface area contributed by atoms with E-state index < -0.39 is 49.2 Å². The maximum Gasteiger partial charge on any atom is 0.520 e. The van der Waals surface area contributed by atoms with Crippen molar-refractivity contribution in [3.8, 4) is 0 Å². The normalized spacial score (nSPS) is 13.3. The average molecular weight is 607 g/mol. The molecule has 0 aliphatic rings. The van der Waals surface area contributed by atoms with Crippen LogP contribution in [0.15, 0.2) is 0 Å². The number of amides is 4. The highest BCUT2D eigenvalue weighted by molar-refractivity contribution is 6.87. The molecule has 0 aromatic heterocycles. The Morgan fingerprint density at radius 1 is 0.583 bits per heavy atom. The minimum Gasteiger partial charge on any atom is -0.420 e. The number of carbonyl (C=O) groups is 2. The third kappa shape index (κ3) is 12.7. The summed E-state index contributed by atoms with van der Waals surface area (Å²) in [6, 6.07) is -0.359. The fourth-order valence-corrected chi connectivity index (χ4v) is 18.4. The van der Waals surface area contributed by atoms with Crippen molar-refractivity contribution in [2.24, 2.45) is 0 Å². The zero-order chi connectivity index (χ0) is 28.3. The Bertz CT molecular complexity index is 680. The summed E-state index contributed by atoms with van der Waals surface area (Å²) in [6.45, 7) is 11.5. The van der Waals surface area contributed by atoms with Crippen molar-refractivity contribution in [2.45, 2.75) is 45.3 Å². The van der Waals surface area contributed by atoms with Crippen molar-refractivity contribution in [1.82, 2.24) is 20.6 Å². The van der Waals surface area contributed by atoms with Crippen LogP contribution in [0.5, 0.6) is 0 Å². The minimum absolute atomic E-state index is 0.103. The molecule has 0 fully saturated rings. The second-order valence-electron chi connectivity index (χ2n) is 9.15. The third-order valence-electron chi connectivity index (χ3n) is 4.88. The zero-order valence-electron chi connectivity index (χ0n) is 23.7. The monoisotopic (exact) mass is 606 g/mol. The van der Waals surface area contributed by atoms with Crippen molar-refractivity contribution in [1.29, 1.82) is 0 Å². The van der Waals surface area contributed by atoms with Gasteiger partial charge < -0.3 is 55.4 Å². The standard InChI is InChI=1S/C17H46N4O10Si5/c1-24-35(25-2,26-3)14-13-18-16(22)20-32(7,8)30-34(11,12)31-33(9,10)21-17(23)19-15-36(27-4,28-5)29-6/h13-15H2,1-12H3,(H2,18,20,22)(H2,19,21,23). The van der Waals surface area contributed by atoms with Gasteiger partial charge in [-0.3, -0.25) is 0 Å². The molecule has 14 nitrogen and oxygen atoms in total. The maximum atomic E-state index is 12.5. The number of hydrogen-bond donors (Lipinski definition) is 4. The lowest BCUT2D eigenvalue weighted by Gasteiger charge is -2.38.